The van der Waals surface area contributed by atoms with Crippen molar-refractivity contribution >= 4 is 0 Å². The van der Waals surface area contributed by atoms with Gasteiger partial charge in [0, 0.05) is 11.8 Å². The Balaban J connectivity index is 1.65. The lowest BCUT2D eigenvalue weighted by Gasteiger charge is -2.05. The SMILES string of the molecule is CCCCCCc1ccc(-c2ccc(-c3ccco3)nc2)cc1. The minimum atomic E-state index is 0.805. The lowest BCUT2D eigenvalue weighted by molar-refractivity contribution is 0.580. The van der Waals surface area contributed by atoms with Crippen molar-refractivity contribution in [3.8, 4) is 22.6 Å². The molecule has 0 bridgehead atoms. The van der Waals surface area contributed by atoms with Crippen molar-refractivity contribution in [1.29, 1.82) is 0 Å². The molecule has 0 atom stereocenters. The lowest BCUT2D eigenvalue weighted by Crippen LogP contribution is -1.87. The minimum Gasteiger partial charge on any atom is -0.463 e. The summed E-state index contributed by atoms with van der Waals surface area (Å²) in [4.78, 5) is 4.50. The molecule has 0 aliphatic carbocycles. The van der Waals surface area contributed by atoms with Gasteiger partial charge in [-0.05, 0) is 42.2 Å². The zero-order valence-corrected chi connectivity index (χ0v) is 13.7. The fraction of sp³-hybridized carbons (Fsp3) is 0.286. The molecule has 0 amide bonds. The maximum atomic E-state index is 5.37. The first-order valence-electron chi connectivity index (χ1n) is 8.46. The first kappa shape index (κ1) is 15.5. The molecular weight excluding hydrogens is 282 g/mol. The Kier molecular flexibility index (Phi) is 5.25. The van der Waals surface area contributed by atoms with E-state index in [4.69, 9.17) is 4.42 Å². The van der Waals surface area contributed by atoms with Gasteiger partial charge in [0.25, 0.3) is 0 Å². The Morgan fingerprint density at radius 3 is 2.35 bits per heavy atom. The van der Waals surface area contributed by atoms with Crippen LogP contribution in [-0.2, 0) is 6.42 Å². The molecule has 0 spiro atoms. The van der Waals surface area contributed by atoms with E-state index in [9.17, 15) is 0 Å². The highest BCUT2D eigenvalue weighted by Gasteiger charge is 2.03. The molecule has 2 aromatic heterocycles. The molecule has 23 heavy (non-hydrogen) atoms. The largest absolute Gasteiger partial charge is 0.463 e. The van der Waals surface area contributed by atoms with Crippen molar-refractivity contribution in [2.24, 2.45) is 0 Å². The van der Waals surface area contributed by atoms with E-state index in [0.29, 0.717) is 0 Å². The van der Waals surface area contributed by atoms with Crippen LogP contribution in [0, 0.1) is 0 Å². The number of hydrogen-bond acceptors (Lipinski definition) is 2. The van der Waals surface area contributed by atoms with Gasteiger partial charge in [0.05, 0.1) is 6.26 Å². The van der Waals surface area contributed by atoms with Crippen LogP contribution in [0.2, 0.25) is 0 Å². The Labute approximate surface area is 138 Å². The molecule has 3 rings (SSSR count). The second kappa shape index (κ2) is 7.77. The van der Waals surface area contributed by atoms with Crippen molar-refractivity contribution < 1.29 is 4.42 Å². The molecule has 1 aromatic carbocycles. The van der Waals surface area contributed by atoms with Gasteiger partial charge < -0.3 is 4.42 Å². The Morgan fingerprint density at radius 1 is 0.870 bits per heavy atom. The van der Waals surface area contributed by atoms with E-state index in [-0.39, 0.29) is 0 Å². The van der Waals surface area contributed by atoms with Crippen LogP contribution in [-0.4, -0.2) is 4.98 Å². The lowest BCUT2D eigenvalue weighted by atomic mass is 10.0. The molecular formula is C21H23NO. The molecule has 0 aliphatic heterocycles. The van der Waals surface area contributed by atoms with Crippen molar-refractivity contribution in [2.45, 2.75) is 39.0 Å². The highest BCUT2D eigenvalue weighted by molar-refractivity contribution is 5.65. The number of hydrogen-bond donors (Lipinski definition) is 0. The van der Waals surface area contributed by atoms with Crippen molar-refractivity contribution in [1.82, 2.24) is 4.98 Å². The molecule has 0 aliphatic rings. The van der Waals surface area contributed by atoms with Crippen LogP contribution in [0.4, 0.5) is 0 Å². The van der Waals surface area contributed by atoms with Crippen LogP contribution in [0.15, 0.2) is 65.4 Å². The van der Waals surface area contributed by atoms with Crippen LogP contribution >= 0.6 is 0 Å². The molecule has 0 saturated carbocycles. The van der Waals surface area contributed by atoms with Gasteiger partial charge in [0.2, 0.25) is 0 Å². The number of benzene rings is 1. The fourth-order valence-electron chi connectivity index (χ4n) is 2.75. The van der Waals surface area contributed by atoms with Gasteiger partial charge in [-0.25, -0.2) is 0 Å². The third-order valence-electron chi connectivity index (χ3n) is 4.14. The molecule has 2 heterocycles. The van der Waals surface area contributed by atoms with Gasteiger partial charge in [-0.15, -0.1) is 0 Å². The number of aryl methyl sites for hydroxylation is 1. The molecule has 2 nitrogen and oxygen atoms in total. The van der Waals surface area contributed by atoms with Gasteiger partial charge >= 0.3 is 0 Å². The predicted octanol–water partition coefficient (Wildman–Crippen LogP) is 6.13. The molecule has 0 fully saturated rings. The van der Waals surface area contributed by atoms with Crippen molar-refractivity contribution in [3.05, 3.63) is 66.6 Å². The predicted molar refractivity (Wildman–Crippen MR) is 95.2 cm³/mol. The maximum Gasteiger partial charge on any atom is 0.152 e. The number of pyridine rings is 1. The third-order valence-corrected chi connectivity index (χ3v) is 4.14. The summed E-state index contributed by atoms with van der Waals surface area (Å²) in [5.74, 6) is 0.805. The first-order chi connectivity index (χ1) is 11.4. The van der Waals surface area contributed by atoms with Gasteiger partial charge in [0.15, 0.2) is 5.76 Å². The van der Waals surface area contributed by atoms with E-state index in [2.05, 4.69) is 42.2 Å². The average Bonchev–Trinajstić information content (AvgIpc) is 3.14. The molecule has 0 unspecified atom stereocenters. The fourth-order valence-corrected chi connectivity index (χ4v) is 2.75. The number of furan rings is 1. The van der Waals surface area contributed by atoms with Gasteiger partial charge in [0.1, 0.15) is 5.69 Å². The van der Waals surface area contributed by atoms with Crippen LogP contribution < -0.4 is 0 Å². The summed E-state index contributed by atoms with van der Waals surface area (Å²) < 4.78 is 5.37. The summed E-state index contributed by atoms with van der Waals surface area (Å²) in [6.45, 7) is 2.25. The Bertz CT molecular complexity index is 697. The van der Waals surface area contributed by atoms with Crippen LogP contribution in [0.1, 0.15) is 38.2 Å². The van der Waals surface area contributed by atoms with Crippen LogP contribution in [0.25, 0.3) is 22.6 Å². The van der Waals surface area contributed by atoms with Gasteiger partial charge in [-0.2, -0.15) is 0 Å². The Hall–Kier alpha value is -2.35. The van der Waals surface area contributed by atoms with Crippen molar-refractivity contribution in [2.75, 3.05) is 0 Å². The number of unbranched alkanes of at least 4 members (excludes halogenated alkanes) is 3. The van der Waals surface area contributed by atoms with E-state index < -0.39 is 0 Å². The summed E-state index contributed by atoms with van der Waals surface area (Å²) in [6.07, 6.45) is 10.0. The number of nitrogens with zero attached hydrogens (tertiary/aromatic N) is 1. The summed E-state index contributed by atoms with van der Waals surface area (Å²) in [5.41, 5.74) is 4.63. The average molecular weight is 305 g/mol. The topological polar surface area (TPSA) is 26.0 Å². The zero-order chi connectivity index (χ0) is 15.9. The van der Waals surface area contributed by atoms with Crippen molar-refractivity contribution in [3.63, 3.8) is 0 Å². The highest BCUT2D eigenvalue weighted by Crippen LogP contribution is 2.23. The van der Waals surface area contributed by atoms with E-state index in [1.54, 1.807) is 6.26 Å². The molecule has 0 radical (unpaired) electrons. The smallest absolute Gasteiger partial charge is 0.152 e. The molecule has 0 saturated heterocycles. The van der Waals surface area contributed by atoms with E-state index >= 15 is 0 Å². The zero-order valence-electron chi connectivity index (χ0n) is 13.7. The summed E-state index contributed by atoms with van der Waals surface area (Å²) in [7, 11) is 0. The molecule has 2 heteroatoms. The Morgan fingerprint density at radius 2 is 1.70 bits per heavy atom. The number of rotatable bonds is 7. The van der Waals surface area contributed by atoms with Crippen LogP contribution in [0.3, 0.4) is 0 Å². The normalized spacial score (nSPS) is 10.8. The minimum absolute atomic E-state index is 0.805. The third kappa shape index (κ3) is 4.10. The molecule has 118 valence electrons. The van der Waals surface area contributed by atoms with Gasteiger partial charge in [-0.1, -0.05) is 56.5 Å². The number of aromatic nitrogens is 1. The van der Waals surface area contributed by atoms with E-state index in [1.807, 2.05) is 24.4 Å². The summed E-state index contributed by atoms with van der Waals surface area (Å²) in [6, 6.07) is 16.8. The van der Waals surface area contributed by atoms with Crippen LogP contribution in [0.5, 0.6) is 0 Å². The second-order valence-corrected chi connectivity index (χ2v) is 5.92. The standard InChI is InChI=1S/C21H23NO/c1-2-3-4-5-7-17-9-11-18(12-10-17)19-13-14-20(22-16-19)21-8-6-15-23-21/h6,8-16H,2-5,7H2,1H3. The monoisotopic (exact) mass is 305 g/mol. The molecule has 0 N–H and O–H groups in total. The quantitative estimate of drug-likeness (QED) is 0.491. The van der Waals surface area contributed by atoms with E-state index in [1.165, 1.54) is 43.2 Å². The maximum absolute atomic E-state index is 5.37. The highest BCUT2D eigenvalue weighted by atomic mass is 16.3. The summed E-state index contributed by atoms with van der Waals surface area (Å²) in [5, 5.41) is 0. The first-order valence-corrected chi connectivity index (χ1v) is 8.46. The second-order valence-electron chi connectivity index (χ2n) is 5.92. The van der Waals surface area contributed by atoms with E-state index in [0.717, 1.165) is 17.0 Å². The summed E-state index contributed by atoms with van der Waals surface area (Å²) >= 11 is 0. The van der Waals surface area contributed by atoms with Gasteiger partial charge in [-0.3, -0.25) is 4.98 Å². The molecule has 3 aromatic rings.